The molecule has 0 spiro atoms. The third-order valence-corrected chi connectivity index (χ3v) is 5.33. The maximum Gasteiger partial charge on any atom is 0.229 e. The lowest BCUT2D eigenvalue weighted by molar-refractivity contribution is -0.122. The second kappa shape index (κ2) is 8.59. The predicted molar refractivity (Wildman–Crippen MR) is 118 cm³/mol. The molecule has 0 unspecified atom stereocenters. The van der Waals surface area contributed by atoms with E-state index in [0.717, 1.165) is 17.0 Å². The van der Waals surface area contributed by atoms with Crippen molar-refractivity contribution in [3.05, 3.63) is 83.4 Å². The lowest BCUT2D eigenvalue weighted by Gasteiger charge is -2.17. The topological polar surface area (TPSA) is 58.6 Å². The number of hydrogen-bond donors (Lipinski definition) is 1. The van der Waals surface area contributed by atoms with Crippen LogP contribution in [0.5, 0.6) is 11.5 Å². The van der Waals surface area contributed by atoms with Crippen molar-refractivity contribution >= 4 is 34.8 Å². The first kappa shape index (κ1) is 20.0. The van der Waals surface area contributed by atoms with Crippen LogP contribution in [0, 0.1) is 12.8 Å². The van der Waals surface area contributed by atoms with Gasteiger partial charge in [0.1, 0.15) is 11.5 Å². The van der Waals surface area contributed by atoms with Crippen LogP contribution < -0.4 is 15.0 Å². The summed E-state index contributed by atoms with van der Waals surface area (Å²) in [5.74, 6) is 0.830. The number of benzene rings is 3. The number of carbonyl (C=O) groups is 2. The first-order valence-electron chi connectivity index (χ1n) is 9.70. The monoisotopic (exact) mass is 420 g/mol. The van der Waals surface area contributed by atoms with Crippen LogP contribution in [0.15, 0.2) is 72.8 Å². The molecule has 0 radical (unpaired) electrons. The van der Waals surface area contributed by atoms with E-state index < -0.39 is 5.92 Å². The van der Waals surface area contributed by atoms with Crippen LogP contribution in [-0.4, -0.2) is 18.4 Å². The van der Waals surface area contributed by atoms with Crippen molar-refractivity contribution < 1.29 is 14.3 Å². The Kier molecular flexibility index (Phi) is 5.72. The molecule has 3 aromatic carbocycles. The molecule has 30 heavy (non-hydrogen) atoms. The molecular formula is C24H21ClN2O3. The van der Waals surface area contributed by atoms with Crippen LogP contribution in [-0.2, 0) is 9.59 Å². The summed E-state index contributed by atoms with van der Waals surface area (Å²) in [6.07, 6.45) is 0.183. The molecular weight excluding hydrogens is 400 g/mol. The van der Waals surface area contributed by atoms with E-state index >= 15 is 0 Å². The SMILES string of the molecule is Cc1ccccc1Oc1ccc(NC(=O)[C@@H]2CC(=O)N(c3ccc(Cl)cc3)C2)cc1. The predicted octanol–water partition coefficient (Wildman–Crippen LogP) is 5.43. The van der Waals surface area contributed by atoms with Gasteiger partial charge in [-0.3, -0.25) is 9.59 Å². The Morgan fingerprint density at radius 2 is 1.73 bits per heavy atom. The second-order valence-corrected chi connectivity index (χ2v) is 7.70. The zero-order valence-corrected chi connectivity index (χ0v) is 17.2. The Morgan fingerprint density at radius 3 is 2.43 bits per heavy atom. The highest BCUT2D eigenvalue weighted by atomic mass is 35.5. The van der Waals surface area contributed by atoms with Crippen LogP contribution in [0.2, 0.25) is 5.02 Å². The number of rotatable bonds is 5. The number of hydrogen-bond acceptors (Lipinski definition) is 3. The molecule has 1 fully saturated rings. The molecule has 4 rings (SSSR count). The lowest BCUT2D eigenvalue weighted by Crippen LogP contribution is -2.28. The molecule has 152 valence electrons. The number of carbonyl (C=O) groups excluding carboxylic acids is 2. The molecule has 1 heterocycles. The van der Waals surface area contributed by atoms with E-state index in [1.807, 2.05) is 43.3 Å². The number of anilines is 2. The fraction of sp³-hybridized carbons (Fsp3) is 0.167. The van der Waals surface area contributed by atoms with Crippen molar-refractivity contribution in [3.8, 4) is 11.5 Å². The van der Waals surface area contributed by atoms with Crippen molar-refractivity contribution in [1.29, 1.82) is 0 Å². The van der Waals surface area contributed by atoms with E-state index in [1.54, 1.807) is 41.3 Å². The van der Waals surface area contributed by atoms with Gasteiger partial charge in [-0.1, -0.05) is 29.8 Å². The van der Waals surface area contributed by atoms with E-state index in [9.17, 15) is 9.59 Å². The minimum atomic E-state index is -0.406. The molecule has 5 nitrogen and oxygen atoms in total. The van der Waals surface area contributed by atoms with Gasteiger partial charge in [-0.05, 0) is 67.1 Å². The van der Waals surface area contributed by atoms with Gasteiger partial charge < -0.3 is 15.0 Å². The molecule has 1 N–H and O–H groups in total. The maximum absolute atomic E-state index is 12.7. The largest absolute Gasteiger partial charge is 0.457 e. The summed E-state index contributed by atoms with van der Waals surface area (Å²) < 4.78 is 5.88. The molecule has 6 heteroatoms. The molecule has 0 bridgehead atoms. The van der Waals surface area contributed by atoms with Gasteiger partial charge in [0.25, 0.3) is 0 Å². The highest BCUT2D eigenvalue weighted by molar-refractivity contribution is 6.30. The van der Waals surface area contributed by atoms with Gasteiger partial charge in [0, 0.05) is 29.4 Å². The second-order valence-electron chi connectivity index (χ2n) is 7.26. The van der Waals surface area contributed by atoms with E-state index in [-0.39, 0.29) is 18.2 Å². The van der Waals surface area contributed by atoms with E-state index in [2.05, 4.69) is 5.32 Å². The summed E-state index contributed by atoms with van der Waals surface area (Å²) in [5, 5.41) is 3.50. The fourth-order valence-corrected chi connectivity index (χ4v) is 3.53. The smallest absolute Gasteiger partial charge is 0.229 e. The number of nitrogens with zero attached hydrogens (tertiary/aromatic N) is 1. The van der Waals surface area contributed by atoms with Crippen molar-refractivity contribution in [2.45, 2.75) is 13.3 Å². The lowest BCUT2D eigenvalue weighted by atomic mass is 10.1. The molecule has 2 amide bonds. The van der Waals surface area contributed by atoms with Crippen molar-refractivity contribution in [2.75, 3.05) is 16.8 Å². The van der Waals surface area contributed by atoms with Crippen LogP contribution in [0.1, 0.15) is 12.0 Å². The minimum Gasteiger partial charge on any atom is -0.457 e. The number of nitrogens with one attached hydrogen (secondary N) is 1. The Hall–Kier alpha value is -3.31. The third kappa shape index (κ3) is 4.47. The summed E-state index contributed by atoms with van der Waals surface area (Å²) in [6.45, 7) is 2.33. The van der Waals surface area contributed by atoms with E-state index in [0.29, 0.717) is 23.0 Å². The molecule has 3 aromatic rings. The summed E-state index contributed by atoms with van der Waals surface area (Å²) in [4.78, 5) is 26.7. The molecule has 1 atom stereocenters. The van der Waals surface area contributed by atoms with Crippen LogP contribution in [0.25, 0.3) is 0 Å². The fourth-order valence-electron chi connectivity index (χ4n) is 3.40. The van der Waals surface area contributed by atoms with Crippen molar-refractivity contribution in [1.82, 2.24) is 0 Å². The Labute approximate surface area is 180 Å². The highest BCUT2D eigenvalue weighted by Gasteiger charge is 2.35. The van der Waals surface area contributed by atoms with Crippen molar-refractivity contribution in [3.63, 3.8) is 0 Å². The average Bonchev–Trinajstić information content (AvgIpc) is 3.13. The van der Waals surface area contributed by atoms with Gasteiger partial charge >= 0.3 is 0 Å². The maximum atomic E-state index is 12.7. The molecule has 0 aliphatic carbocycles. The Bertz CT molecular complexity index is 1060. The van der Waals surface area contributed by atoms with Gasteiger partial charge in [0.05, 0.1) is 5.92 Å². The minimum absolute atomic E-state index is 0.0700. The Balaban J connectivity index is 1.37. The van der Waals surface area contributed by atoms with Gasteiger partial charge in [0.15, 0.2) is 0 Å². The molecule has 1 aliphatic rings. The standard InChI is InChI=1S/C24H21ClN2O3/c1-16-4-2-3-5-22(16)30-21-12-8-19(9-13-21)26-24(29)17-14-23(28)27(15-17)20-10-6-18(25)7-11-20/h2-13,17H,14-15H2,1H3,(H,26,29)/t17-/m1/s1. The summed E-state index contributed by atoms with van der Waals surface area (Å²) in [6, 6.07) is 22.0. The first-order valence-corrected chi connectivity index (χ1v) is 10.1. The van der Waals surface area contributed by atoms with Gasteiger partial charge in [-0.15, -0.1) is 0 Å². The Morgan fingerprint density at radius 1 is 1.03 bits per heavy atom. The number of aryl methyl sites for hydroxylation is 1. The third-order valence-electron chi connectivity index (χ3n) is 5.08. The normalized spacial score (nSPS) is 15.9. The zero-order valence-electron chi connectivity index (χ0n) is 16.5. The quantitative estimate of drug-likeness (QED) is 0.598. The van der Waals surface area contributed by atoms with E-state index in [4.69, 9.17) is 16.3 Å². The average molecular weight is 421 g/mol. The van der Waals surface area contributed by atoms with Crippen LogP contribution >= 0.6 is 11.6 Å². The van der Waals surface area contributed by atoms with Gasteiger partial charge in [-0.2, -0.15) is 0 Å². The number of para-hydroxylation sites is 1. The van der Waals surface area contributed by atoms with Crippen LogP contribution in [0.4, 0.5) is 11.4 Å². The van der Waals surface area contributed by atoms with Gasteiger partial charge in [-0.25, -0.2) is 0 Å². The number of amides is 2. The summed E-state index contributed by atoms with van der Waals surface area (Å²) in [7, 11) is 0. The summed E-state index contributed by atoms with van der Waals surface area (Å²) in [5.41, 5.74) is 2.46. The number of halogens is 1. The molecule has 0 aromatic heterocycles. The van der Waals surface area contributed by atoms with Gasteiger partial charge in [0.2, 0.25) is 11.8 Å². The molecule has 0 saturated carbocycles. The van der Waals surface area contributed by atoms with E-state index in [1.165, 1.54) is 0 Å². The van der Waals surface area contributed by atoms with Crippen molar-refractivity contribution in [2.24, 2.45) is 5.92 Å². The highest BCUT2D eigenvalue weighted by Crippen LogP contribution is 2.28. The molecule has 1 aliphatic heterocycles. The first-order chi connectivity index (χ1) is 14.5. The zero-order chi connectivity index (χ0) is 21.1. The molecule has 1 saturated heterocycles. The summed E-state index contributed by atoms with van der Waals surface area (Å²) >= 11 is 5.91. The van der Waals surface area contributed by atoms with Crippen LogP contribution in [0.3, 0.4) is 0 Å². The number of ether oxygens (including phenoxy) is 1.